The van der Waals surface area contributed by atoms with Crippen molar-refractivity contribution < 1.29 is 17.9 Å². The third-order valence-corrected chi connectivity index (χ3v) is 2.74. The van der Waals surface area contributed by atoms with Crippen LogP contribution in [-0.4, -0.2) is 6.36 Å². The van der Waals surface area contributed by atoms with Crippen LogP contribution in [0.3, 0.4) is 0 Å². The third-order valence-electron chi connectivity index (χ3n) is 2.74. The number of benzene rings is 2. The second kappa shape index (κ2) is 5.75. The molecule has 0 aliphatic heterocycles. The Hall–Kier alpha value is -2.68. The second-order valence-electron chi connectivity index (χ2n) is 4.31. The molecule has 0 bridgehead atoms. The summed E-state index contributed by atoms with van der Waals surface area (Å²) in [6.45, 7) is 1.75. The zero-order chi connectivity index (χ0) is 15.5. The lowest BCUT2D eigenvalue weighted by molar-refractivity contribution is -0.274. The summed E-state index contributed by atoms with van der Waals surface area (Å²) >= 11 is 0. The van der Waals surface area contributed by atoms with Gasteiger partial charge in [-0.3, -0.25) is 0 Å². The molecule has 0 radical (unpaired) electrons. The Morgan fingerprint density at radius 2 is 1.86 bits per heavy atom. The van der Waals surface area contributed by atoms with E-state index in [9.17, 15) is 13.2 Å². The van der Waals surface area contributed by atoms with E-state index in [4.69, 9.17) is 5.26 Å². The molecule has 0 fully saturated rings. The van der Waals surface area contributed by atoms with Gasteiger partial charge in [-0.1, -0.05) is 12.1 Å². The molecule has 21 heavy (non-hydrogen) atoms. The van der Waals surface area contributed by atoms with Gasteiger partial charge in [-0.05, 0) is 42.8 Å². The Morgan fingerprint density at radius 3 is 2.48 bits per heavy atom. The fourth-order valence-corrected chi connectivity index (χ4v) is 1.81. The summed E-state index contributed by atoms with van der Waals surface area (Å²) in [6, 6.07) is 12.7. The van der Waals surface area contributed by atoms with Crippen molar-refractivity contribution in [3.63, 3.8) is 0 Å². The molecule has 0 saturated heterocycles. The van der Waals surface area contributed by atoms with Gasteiger partial charge >= 0.3 is 6.36 Å². The average Bonchev–Trinajstić information content (AvgIpc) is 2.40. The monoisotopic (exact) mass is 292 g/mol. The van der Waals surface area contributed by atoms with Crippen molar-refractivity contribution in [3.05, 3.63) is 53.6 Å². The highest BCUT2D eigenvalue weighted by molar-refractivity contribution is 5.67. The number of ether oxygens (including phenoxy) is 1. The number of hydrogen-bond donors (Lipinski definition) is 1. The van der Waals surface area contributed by atoms with Crippen LogP contribution in [-0.2, 0) is 0 Å². The summed E-state index contributed by atoms with van der Waals surface area (Å²) in [6.07, 6.45) is -4.75. The van der Waals surface area contributed by atoms with Crippen LogP contribution in [0.2, 0.25) is 0 Å². The molecule has 0 amide bonds. The maximum absolute atomic E-state index is 12.3. The molecule has 0 unspecified atom stereocenters. The molecule has 0 spiro atoms. The summed E-state index contributed by atoms with van der Waals surface area (Å²) < 4.78 is 41.0. The summed E-state index contributed by atoms with van der Waals surface area (Å²) in [4.78, 5) is 0. The first kappa shape index (κ1) is 14.7. The molecule has 108 valence electrons. The van der Waals surface area contributed by atoms with E-state index in [0.29, 0.717) is 11.3 Å². The van der Waals surface area contributed by atoms with E-state index in [1.807, 2.05) is 6.07 Å². The molecule has 2 aromatic carbocycles. The maximum Gasteiger partial charge on any atom is 0.573 e. The second-order valence-corrected chi connectivity index (χ2v) is 4.31. The number of alkyl halides is 3. The molecule has 0 atom stereocenters. The largest absolute Gasteiger partial charge is 0.573 e. The zero-order valence-corrected chi connectivity index (χ0v) is 11.0. The first-order valence-electron chi connectivity index (χ1n) is 6.01. The minimum absolute atomic E-state index is 0.193. The molecule has 6 heteroatoms. The van der Waals surface area contributed by atoms with Crippen LogP contribution in [0.25, 0.3) is 0 Å². The van der Waals surface area contributed by atoms with Gasteiger partial charge in [0.15, 0.2) is 5.75 Å². The quantitative estimate of drug-likeness (QED) is 0.905. The predicted octanol–water partition coefficient (Wildman–Crippen LogP) is 4.51. The van der Waals surface area contributed by atoms with Gasteiger partial charge in [0, 0.05) is 5.69 Å². The van der Waals surface area contributed by atoms with Crippen LogP contribution < -0.4 is 10.1 Å². The van der Waals surface area contributed by atoms with Gasteiger partial charge in [-0.25, -0.2) is 0 Å². The van der Waals surface area contributed by atoms with Gasteiger partial charge in [0.2, 0.25) is 0 Å². The number of aryl methyl sites for hydroxylation is 1. The SMILES string of the molecule is Cc1cc(Nc2ccccc2OC(F)(F)F)ccc1C#N. The lowest BCUT2D eigenvalue weighted by Crippen LogP contribution is -2.17. The van der Waals surface area contributed by atoms with Crippen LogP contribution in [0.15, 0.2) is 42.5 Å². The highest BCUT2D eigenvalue weighted by atomic mass is 19.4. The first-order valence-corrected chi connectivity index (χ1v) is 6.01. The van der Waals surface area contributed by atoms with Crippen LogP contribution >= 0.6 is 0 Å². The van der Waals surface area contributed by atoms with Gasteiger partial charge in [-0.15, -0.1) is 13.2 Å². The lowest BCUT2D eigenvalue weighted by atomic mass is 10.1. The normalized spacial score (nSPS) is 10.8. The van der Waals surface area contributed by atoms with E-state index in [0.717, 1.165) is 5.56 Å². The Balaban J connectivity index is 2.28. The summed E-state index contributed by atoms with van der Waals surface area (Å²) in [5.41, 5.74) is 2.01. The van der Waals surface area contributed by atoms with Crippen molar-refractivity contribution >= 4 is 11.4 Å². The Bertz CT molecular complexity index is 690. The van der Waals surface area contributed by atoms with E-state index in [2.05, 4.69) is 10.1 Å². The van der Waals surface area contributed by atoms with E-state index < -0.39 is 6.36 Å². The number of hydrogen-bond acceptors (Lipinski definition) is 3. The number of nitriles is 1. The molecule has 1 N–H and O–H groups in total. The van der Waals surface area contributed by atoms with E-state index in [-0.39, 0.29) is 11.4 Å². The summed E-state index contributed by atoms with van der Waals surface area (Å²) in [7, 11) is 0. The van der Waals surface area contributed by atoms with E-state index >= 15 is 0 Å². The fourth-order valence-electron chi connectivity index (χ4n) is 1.81. The topological polar surface area (TPSA) is 45.0 Å². The molecule has 2 rings (SSSR count). The Kier molecular flexibility index (Phi) is 4.03. The van der Waals surface area contributed by atoms with Crippen LogP contribution in [0, 0.1) is 18.3 Å². The van der Waals surface area contributed by atoms with Crippen molar-refractivity contribution in [1.29, 1.82) is 5.26 Å². The molecule has 3 nitrogen and oxygen atoms in total. The number of halogens is 3. The summed E-state index contributed by atoms with van der Waals surface area (Å²) in [5, 5.41) is 11.7. The minimum atomic E-state index is -4.75. The first-order chi connectivity index (χ1) is 9.89. The van der Waals surface area contributed by atoms with Gasteiger partial charge in [0.1, 0.15) is 0 Å². The fraction of sp³-hybridized carbons (Fsp3) is 0.133. The lowest BCUT2D eigenvalue weighted by Gasteiger charge is -2.15. The van der Waals surface area contributed by atoms with Crippen molar-refractivity contribution in [3.8, 4) is 11.8 Å². The Labute approximate surface area is 119 Å². The molecule has 0 heterocycles. The highest BCUT2D eigenvalue weighted by Gasteiger charge is 2.32. The molecular formula is C15H11F3N2O. The predicted molar refractivity (Wildman–Crippen MR) is 72.3 cm³/mol. The highest BCUT2D eigenvalue weighted by Crippen LogP contribution is 2.32. The van der Waals surface area contributed by atoms with Crippen molar-refractivity contribution in [1.82, 2.24) is 0 Å². The summed E-state index contributed by atoms with van der Waals surface area (Å²) in [5.74, 6) is -0.313. The number of para-hydroxylation sites is 2. The molecule has 0 aromatic heterocycles. The third kappa shape index (κ3) is 3.89. The van der Waals surface area contributed by atoms with Crippen LogP contribution in [0.4, 0.5) is 24.5 Å². The van der Waals surface area contributed by atoms with Crippen LogP contribution in [0.1, 0.15) is 11.1 Å². The van der Waals surface area contributed by atoms with Gasteiger partial charge in [0.25, 0.3) is 0 Å². The van der Waals surface area contributed by atoms with Crippen molar-refractivity contribution in [2.24, 2.45) is 0 Å². The van der Waals surface area contributed by atoms with Crippen molar-refractivity contribution in [2.45, 2.75) is 13.3 Å². The molecule has 0 aliphatic rings. The Morgan fingerprint density at radius 1 is 1.14 bits per heavy atom. The number of anilines is 2. The van der Waals surface area contributed by atoms with Gasteiger partial charge in [0.05, 0.1) is 17.3 Å². The number of rotatable bonds is 3. The molecular weight excluding hydrogens is 281 g/mol. The van der Waals surface area contributed by atoms with Gasteiger partial charge < -0.3 is 10.1 Å². The van der Waals surface area contributed by atoms with E-state index in [1.54, 1.807) is 31.2 Å². The molecule has 0 saturated carbocycles. The average molecular weight is 292 g/mol. The number of nitrogens with zero attached hydrogens (tertiary/aromatic N) is 1. The zero-order valence-electron chi connectivity index (χ0n) is 11.0. The standard InChI is InChI=1S/C15H11F3N2O/c1-10-8-12(7-6-11(10)9-19)20-13-4-2-3-5-14(13)21-15(16,17)18/h2-8,20H,1H3. The van der Waals surface area contributed by atoms with Crippen molar-refractivity contribution in [2.75, 3.05) is 5.32 Å². The van der Waals surface area contributed by atoms with Crippen LogP contribution in [0.5, 0.6) is 5.75 Å². The molecule has 0 aliphatic carbocycles. The van der Waals surface area contributed by atoms with Gasteiger partial charge in [-0.2, -0.15) is 5.26 Å². The van der Waals surface area contributed by atoms with E-state index in [1.165, 1.54) is 18.2 Å². The minimum Gasteiger partial charge on any atom is -0.404 e. The maximum atomic E-state index is 12.3. The smallest absolute Gasteiger partial charge is 0.404 e. The molecule has 2 aromatic rings. The number of nitrogens with one attached hydrogen (secondary N) is 1.